The number of carbonyl (C=O) groups excluding carboxylic acids is 1. The Morgan fingerprint density at radius 1 is 1.07 bits per heavy atom. The van der Waals surface area contributed by atoms with Crippen molar-refractivity contribution in [1.82, 2.24) is 4.57 Å². The van der Waals surface area contributed by atoms with Gasteiger partial charge in [0.25, 0.3) is 5.56 Å². The van der Waals surface area contributed by atoms with E-state index in [1.165, 1.54) is 22.0 Å². The van der Waals surface area contributed by atoms with Gasteiger partial charge in [0, 0.05) is 16.1 Å². The van der Waals surface area contributed by atoms with Gasteiger partial charge in [-0.2, -0.15) is 0 Å². The molecule has 0 radical (unpaired) electrons. The molecular formula is C32H28ClFN2O5S. The van der Waals surface area contributed by atoms with Gasteiger partial charge in [0.15, 0.2) is 4.80 Å². The number of esters is 1. The van der Waals surface area contributed by atoms with E-state index in [-0.39, 0.29) is 30.2 Å². The second kappa shape index (κ2) is 12.8. The molecule has 1 aromatic heterocycles. The monoisotopic (exact) mass is 606 g/mol. The topological polar surface area (TPSA) is 79.1 Å². The molecule has 0 fully saturated rings. The summed E-state index contributed by atoms with van der Waals surface area (Å²) in [5.74, 6) is 0.199. The summed E-state index contributed by atoms with van der Waals surface area (Å²) in [6.07, 6.45) is 1.67. The number of hydrogen-bond donors (Lipinski definition) is 0. The van der Waals surface area contributed by atoms with Crippen molar-refractivity contribution in [2.75, 3.05) is 13.2 Å². The zero-order valence-electron chi connectivity index (χ0n) is 23.2. The van der Waals surface area contributed by atoms with E-state index >= 15 is 0 Å². The second-order valence-corrected chi connectivity index (χ2v) is 10.8. The number of carbonyl (C=O) groups is 1. The van der Waals surface area contributed by atoms with Crippen LogP contribution in [0.25, 0.3) is 6.08 Å². The summed E-state index contributed by atoms with van der Waals surface area (Å²) in [5.41, 5.74) is 2.07. The quantitative estimate of drug-likeness (QED) is 0.233. The molecule has 7 nitrogen and oxygen atoms in total. The minimum absolute atomic E-state index is 0.00374. The Hall–Kier alpha value is -4.21. The van der Waals surface area contributed by atoms with Crippen molar-refractivity contribution in [1.29, 1.82) is 0 Å². The molecule has 4 aromatic rings. The standard InChI is InChI=1S/C32H28ClFN2O5S/c1-4-39-24-13-10-20(11-14-24)29-28(31(38)40-5-2)19(3)35-32-36(29)30(37)27(42-32)17-22-16-23(33)12-15-26(22)41-18-21-8-6-7-9-25(21)34/h6-17,29H,4-5,18H2,1-3H3/b27-17-/t29-/m0/s1. The molecule has 0 saturated carbocycles. The number of benzene rings is 3. The first-order chi connectivity index (χ1) is 20.3. The third kappa shape index (κ3) is 6.03. The van der Waals surface area contributed by atoms with Gasteiger partial charge in [-0.05, 0) is 68.8 Å². The normalized spacial score (nSPS) is 14.8. The van der Waals surface area contributed by atoms with Gasteiger partial charge in [-0.25, -0.2) is 14.2 Å². The number of thiazole rings is 1. The highest BCUT2D eigenvalue weighted by Crippen LogP contribution is 2.32. The van der Waals surface area contributed by atoms with Gasteiger partial charge in [-0.1, -0.05) is 53.3 Å². The SMILES string of the molecule is CCOC(=O)C1=C(C)N=c2s/c(=C\c3cc(Cl)ccc3OCc3ccccc3F)c(=O)n2[C@H]1c1ccc(OCC)cc1. The molecule has 216 valence electrons. The Kier molecular flexibility index (Phi) is 8.89. The fourth-order valence-corrected chi connectivity index (χ4v) is 5.91. The molecule has 0 aliphatic carbocycles. The molecule has 10 heteroatoms. The van der Waals surface area contributed by atoms with Crippen LogP contribution in [0.3, 0.4) is 0 Å². The zero-order valence-corrected chi connectivity index (χ0v) is 24.8. The molecule has 1 atom stereocenters. The molecule has 1 aliphatic heterocycles. The highest BCUT2D eigenvalue weighted by molar-refractivity contribution is 7.07. The highest BCUT2D eigenvalue weighted by Gasteiger charge is 2.33. The van der Waals surface area contributed by atoms with Crippen LogP contribution in [0.1, 0.15) is 43.5 Å². The molecule has 0 amide bonds. The largest absolute Gasteiger partial charge is 0.494 e. The lowest BCUT2D eigenvalue weighted by Crippen LogP contribution is -2.39. The van der Waals surface area contributed by atoms with E-state index < -0.39 is 12.0 Å². The molecule has 5 rings (SSSR count). The van der Waals surface area contributed by atoms with Crippen LogP contribution in [0.15, 0.2) is 87.8 Å². The predicted octanol–water partition coefficient (Wildman–Crippen LogP) is 5.57. The van der Waals surface area contributed by atoms with Crippen molar-refractivity contribution in [3.05, 3.63) is 125 Å². The molecule has 3 aromatic carbocycles. The fraction of sp³-hybridized carbons (Fsp3) is 0.219. The Balaban J connectivity index is 1.61. The number of nitrogens with zero attached hydrogens (tertiary/aromatic N) is 2. The van der Waals surface area contributed by atoms with Crippen molar-refractivity contribution in [2.24, 2.45) is 4.99 Å². The molecule has 0 unspecified atom stereocenters. The van der Waals surface area contributed by atoms with E-state index in [0.29, 0.717) is 54.8 Å². The molecular weight excluding hydrogens is 579 g/mol. The van der Waals surface area contributed by atoms with Crippen LogP contribution in [0.5, 0.6) is 11.5 Å². The third-order valence-corrected chi connectivity index (χ3v) is 7.84. The summed E-state index contributed by atoms with van der Waals surface area (Å²) < 4.78 is 33.0. The van der Waals surface area contributed by atoms with E-state index in [9.17, 15) is 14.0 Å². The fourth-order valence-electron chi connectivity index (χ4n) is 4.70. The van der Waals surface area contributed by atoms with Crippen molar-refractivity contribution in [2.45, 2.75) is 33.4 Å². The molecule has 42 heavy (non-hydrogen) atoms. The lowest BCUT2D eigenvalue weighted by molar-refractivity contribution is -0.139. The second-order valence-electron chi connectivity index (χ2n) is 9.37. The maximum absolute atomic E-state index is 14.2. The summed E-state index contributed by atoms with van der Waals surface area (Å²) in [6.45, 7) is 6.05. The zero-order chi connectivity index (χ0) is 29.8. The lowest BCUT2D eigenvalue weighted by atomic mass is 9.96. The van der Waals surface area contributed by atoms with Gasteiger partial charge in [0.2, 0.25) is 0 Å². The maximum atomic E-state index is 14.2. The lowest BCUT2D eigenvalue weighted by Gasteiger charge is -2.24. The molecule has 2 heterocycles. The number of ether oxygens (including phenoxy) is 3. The number of aromatic nitrogens is 1. The predicted molar refractivity (Wildman–Crippen MR) is 160 cm³/mol. The van der Waals surface area contributed by atoms with Gasteiger partial charge in [0.05, 0.1) is 35.1 Å². The van der Waals surface area contributed by atoms with Gasteiger partial charge in [-0.15, -0.1) is 0 Å². The van der Waals surface area contributed by atoms with Gasteiger partial charge >= 0.3 is 5.97 Å². The summed E-state index contributed by atoms with van der Waals surface area (Å²) in [4.78, 5) is 32.2. The summed E-state index contributed by atoms with van der Waals surface area (Å²) in [7, 11) is 0. The Morgan fingerprint density at radius 3 is 2.55 bits per heavy atom. The van der Waals surface area contributed by atoms with Gasteiger partial charge in [0.1, 0.15) is 23.9 Å². The molecule has 0 bridgehead atoms. The van der Waals surface area contributed by atoms with Crippen LogP contribution >= 0.6 is 22.9 Å². The van der Waals surface area contributed by atoms with Crippen LogP contribution in [-0.2, 0) is 16.1 Å². The third-order valence-electron chi connectivity index (χ3n) is 6.62. The Labute approximate surface area is 250 Å². The Bertz CT molecular complexity index is 1850. The van der Waals surface area contributed by atoms with Crippen molar-refractivity contribution in [3.63, 3.8) is 0 Å². The number of rotatable bonds is 9. The molecule has 0 saturated heterocycles. The van der Waals surface area contributed by atoms with Gasteiger partial charge < -0.3 is 14.2 Å². The molecule has 0 spiro atoms. The number of fused-ring (bicyclic) bond motifs is 1. The minimum atomic E-state index is -0.755. The Morgan fingerprint density at radius 2 is 1.83 bits per heavy atom. The van der Waals surface area contributed by atoms with Crippen molar-refractivity contribution in [3.8, 4) is 11.5 Å². The highest BCUT2D eigenvalue weighted by atomic mass is 35.5. The summed E-state index contributed by atoms with van der Waals surface area (Å²) in [6, 6.07) is 17.9. The van der Waals surface area contributed by atoms with Crippen molar-refractivity contribution >= 4 is 35.0 Å². The van der Waals surface area contributed by atoms with E-state index in [0.717, 1.165) is 0 Å². The van der Waals surface area contributed by atoms with E-state index in [1.54, 1.807) is 68.5 Å². The number of allylic oxidation sites excluding steroid dienone is 1. The van der Waals surface area contributed by atoms with E-state index in [4.69, 9.17) is 25.8 Å². The van der Waals surface area contributed by atoms with Crippen LogP contribution in [0.2, 0.25) is 5.02 Å². The maximum Gasteiger partial charge on any atom is 0.338 e. The molecule has 1 aliphatic rings. The average Bonchev–Trinajstić information content (AvgIpc) is 3.27. The van der Waals surface area contributed by atoms with Crippen LogP contribution in [-0.4, -0.2) is 23.8 Å². The van der Waals surface area contributed by atoms with Crippen LogP contribution in [0, 0.1) is 5.82 Å². The van der Waals surface area contributed by atoms with Crippen LogP contribution < -0.4 is 24.4 Å². The minimum Gasteiger partial charge on any atom is -0.494 e. The number of hydrogen-bond acceptors (Lipinski definition) is 7. The van der Waals surface area contributed by atoms with Crippen LogP contribution in [0.4, 0.5) is 4.39 Å². The smallest absolute Gasteiger partial charge is 0.338 e. The first kappa shape index (κ1) is 29.3. The average molecular weight is 607 g/mol. The van der Waals surface area contributed by atoms with Crippen molar-refractivity contribution < 1.29 is 23.4 Å². The van der Waals surface area contributed by atoms with E-state index in [2.05, 4.69) is 4.99 Å². The summed E-state index contributed by atoms with van der Waals surface area (Å²) >= 11 is 7.49. The first-order valence-corrected chi connectivity index (χ1v) is 14.6. The summed E-state index contributed by atoms with van der Waals surface area (Å²) in [5, 5.41) is 0.444. The van der Waals surface area contributed by atoms with E-state index in [1.807, 2.05) is 19.1 Å². The first-order valence-electron chi connectivity index (χ1n) is 13.4. The van der Waals surface area contributed by atoms with Gasteiger partial charge in [-0.3, -0.25) is 9.36 Å². The molecule has 0 N–H and O–H groups in total. The number of halogens is 2.